The lowest BCUT2D eigenvalue weighted by Crippen LogP contribution is -2.47. The van der Waals surface area contributed by atoms with Crippen LogP contribution in [0.1, 0.15) is 31.4 Å². The molecule has 0 fully saturated rings. The Bertz CT molecular complexity index is 760. The van der Waals surface area contributed by atoms with E-state index in [0.29, 0.717) is 24.5 Å². The summed E-state index contributed by atoms with van der Waals surface area (Å²) in [7, 11) is 1.61. The van der Waals surface area contributed by atoms with Gasteiger partial charge in [0.15, 0.2) is 0 Å². The van der Waals surface area contributed by atoms with E-state index in [1.54, 1.807) is 38.0 Å². The molecule has 0 spiro atoms. The first-order valence-electron chi connectivity index (χ1n) is 8.89. The van der Waals surface area contributed by atoms with E-state index in [2.05, 4.69) is 5.32 Å². The van der Waals surface area contributed by atoms with Gasteiger partial charge in [-0.25, -0.2) is 0 Å². The molecule has 0 aromatic heterocycles. The van der Waals surface area contributed by atoms with Crippen molar-refractivity contribution in [3.05, 3.63) is 64.7 Å². The lowest BCUT2D eigenvalue weighted by molar-refractivity contribution is -0.140. The molecule has 0 aliphatic heterocycles. The van der Waals surface area contributed by atoms with E-state index in [1.165, 1.54) is 0 Å². The van der Waals surface area contributed by atoms with Gasteiger partial charge in [-0.2, -0.15) is 0 Å². The fourth-order valence-corrected chi connectivity index (χ4v) is 2.78. The Morgan fingerprint density at radius 3 is 2.22 bits per heavy atom. The Labute approximate surface area is 165 Å². The maximum Gasteiger partial charge on any atom is 0.242 e. The summed E-state index contributed by atoms with van der Waals surface area (Å²) >= 11 is 5.92. The highest BCUT2D eigenvalue weighted by Crippen LogP contribution is 2.15. The third kappa shape index (κ3) is 6.00. The van der Waals surface area contributed by atoms with Crippen LogP contribution in [-0.4, -0.2) is 29.9 Å². The maximum absolute atomic E-state index is 12.6. The molecule has 1 atom stereocenters. The van der Waals surface area contributed by atoms with Crippen molar-refractivity contribution in [1.82, 2.24) is 10.2 Å². The molecule has 144 valence electrons. The normalized spacial score (nSPS) is 11.6. The topological polar surface area (TPSA) is 58.6 Å². The van der Waals surface area contributed by atoms with Gasteiger partial charge in [-0.15, -0.1) is 0 Å². The molecule has 0 heterocycles. The van der Waals surface area contributed by atoms with E-state index in [4.69, 9.17) is 16.3 Å². The molecule has 0 saturated carbocycles. The van der Waals surface area contributed by atoms with Crippen molar-refractivity contribution in [3.8, 4) is 5.75 Å². The second-order valence-corrected chi connectivity index (χ2v) is 6.68. The second-order valence-electron chi connectivity index (χ2n) is 6.24. The molecule has 2 aromatic rings. The molecule has 27 heavy (non-hydrogen) atoms. The van der Waals surface area contributed by atoms with Gasteiger partial charge in [0, 0.05) is 24.5 Å². The van der Waals surface area contributed by atoms with Crippen LogP contribution in [0.4, 0.5) is 0 Å². The molecule has 0 aliphatic carbocycles. The summed E-state index contributed by atoms with van der Waals surface area (Å²) < 4.78 is 5.13. The highest BCUT2D eigenvalue weighted by atomic mass is 35.5. The van der Waals surface area contributed by atoms with Crippen LogP contribution in [0.25, 0.3) is 0 Å². The van der Waals surface area contributed by atoms with Gasteiger partial charge >= 0.3 is 0 Å². The van der Waals surface area contributed by atoms with Gasteiger partial charge in [0.05, 0.1) is 7.11 Å². The number of ether oxygens (including phenoxy) is 1. The average Bonchev–Trinajstić information content (AvgIpc) is 2.70. The lowest BCUT2D eigenvalue weighted by atomic mass is 10.1. The van der Waals surface area contributed by atoms with Crippen molar-refractivity contribution in [1.29, 1.82) is 0 Å². The van der Waals surface area contributed by atoms with Crippen molar-refractivity contribution in [2.45, 2.75) is 39.4 Å². The summed E-state index contributed by atoms with van der Waals surface area (Å²) in [5.74, 6) is 0.500. The molecular formula is C21H25ClN2O3. The predicted molar refractivity (Wildman–Crippen MR) is 107 cm³/mol. The summed E-state index contributed by atoms with van der Waals surface area (Å²) in [6.07, 6.45) is 0.337. The fraction of sp³-hybridized carbons (Fsp3) is 0.333. The average molecular weight is 389 g/mol. The molecule has 2 aromatic carbocycles. The number of benzene rings is 2. The standard InChI is InChI=1S/C21H25ClN2O3/c1-4-20(25)24(14-17-5-9-18(22)10-6-17)15(2)21(26)23-13-16-7-11-19(27-3)12-8-16/h5-12,15H,4,13-14H2,1-3H3,(H,23,26). The van der Waals surface area contributed by atoms with Crippen LogP contribution < -0.4 is 10.1 Å². The summed E-state index contributed by atoms with van der Waals surface area (Å²) in [5, 5.41) is 3.53. The van der Waals surface area contributed by atoms with E-state index in [-0.39, 0.29) is 11.8 Å². The van der Waals surface area contributed by atoms with Crippen molar-refractivity contribution in [2.24, 2.45) is 0 Å². The van der Waals surface area contributed by atoms with Gasteiger partial charge < -0.3 is 15.0 Å². The van der Waals surface area contributed by atoms with Crippen LogP contribution in [0.2, 0.25) is 5.02 Å². The number of hydrogen-bond acceptors (Lipinski definition) is 3. The number of amides is 2. The molecule has 6 heteroatoms. The third-order valence-corrected chi connectivity index (χ3v) is 4.61. The summed E-state index contributed by atoms with van der Waals surface area (Å²) in [6.45, 7) is 4.29. The number of nitrogens with one attached hydrogen (secondary N) is 1. The summed E-state index contributed by atoms with van der Waals surface area (Å²) in [5.41, 5.74) is 1.89. The van der Waals surface area contributed by atoms with Crippen LogP contribution in [-0.2, 0) is 22.7 Å². The largest absolute Gasteiger partial charge is 0.497 e. The quantitative estimate of drug-likeness (QED) is 0.748. The van der Waals surface area contributed by atoms with Crippen LogP contribution in [0.15, 0.2) is 48.5 Å². The fourth-order valence-electron chi connectivity index (χ4n) is 2.65. The van der Waals surface area contributed by atoms with Gasteiger partial charge in [-0.3, -0.25) is 9.59 Å². The van der Waals surface area contributed by atoms with Crippen molar-refractivity contribution >= 4 is 23.4 Å². The molecule has 2 rings (SSSR count). The number of carbonyl (C=O) groups is 2. The van der Waals surface area contributed by atoms with Gasteiger partial charge in [0.25, 0.3) is 0 Å². The van der Waals surface area contributed by atoms with Crippen LogP contribution in [0.3, 0.4) is 0 Å². The van der Waals surface area contributed by atoms with Gasteiger partial charge in [-0.05, 0) is 42.3 Å². The smallest absolute Gasteiger partial charge is 0.242 e. The minimum absolute atomic E-state index is 0.0722. The Balaban J connectivity index is 2.01. The predicted octanol–water partition coefficient (Wildman–Crippen LogP) is 3.79. The molecule has 2 amide bonds. The molecule has 1 N–H and O–H groups in total. The zero-order chi connectivity index (χ0) is 19.8. The number of nitrogens with zero attached hydrogens (tertiary/aromatic N) is 1. The monoisotopic (exact) mass is 388 g/mol. The molecule has 5 nitrogen and oxygen atoms in total. The van der Waals surface area contributed by atoms with E-state index in [0.717, 1.165) is 16.9 Å². The van der Waals surface area contributed by atoms with Crippen LogP contribution in [0.5, 0.6) is 5.75 Å². The van der Waals surface area contributed by atoms with Crippen molar-refractivity contribution < 1.29 is 14.3 Å². The molecule has 0 bridgehead atoms. The minimum atomic E-state index is -0.577. The first-order valence-corrected chi connectivity index (χ1v) is 9.27. The third-order valence-electron chi connectivity index (χ3n) is 4.36. The molecule has 0 radical (unpaired) electrons. The van der Waals surface area contributed by atoms with Gasteiger partial charge in [0.1, 0.15) is 11.8 Å². The first kappa shape index (κ1) is 20.8. The highest BCUT2D eigenvalue weighted by Gasteiger charge is 2.24. The maximum atomic E-state index is 12.6. The van der Waals surface area contributed by atoms with Gasteiger partial charge in [0.2, 0.25) is 11.8 Å². The number of methoxy groups -OCH3 is 1. The molecule has 1 unspecified atom stereocenters. The Kier molecular flexibility index (Phi) is 7.67. The SMILES string of the molecule is CCC(=O)N(Cc1ccc(Cl)cc1)C(C)C(=O)NCc1ccc(OC)cc1. The van der Waals surface area contributed by atoms with E-state index in [9.17, 15) is 9.59 Å². The van der Waals surface area contributed by atoms with Crippen LogP contribution >= 0.6 is 11.6 Å². The molecule has 0 saturated heterocycles. The van der Waals surface area contributed by atoms with E-state index < -0.39 is 6.04 Å². The second kappa shape index (κ2) is 9.97. The summed E-state index contributed by atoms with van der Waals surface area (Å²) in [6, 6.07) is 14.2. The minimum Gasteiger partial charge on any atom is -0.497 e. The zero-order valence-electron chi connectivity index (χ0n) is 15.9. The number of hydrogen-bond donors (Lipinski definition) is 1. The van der Waals surface area contributed by atoms with E-state index in [1.807, 2.05) is 36.4 Å². The van der Waals surface area contributed by atoms with Crippen molar-refractivity contribution in [3.63, 3.8) is 0 Å². The number of halogens is 1. The van der Waals surface area contributed by atoms with Crippen LogP contribution in [0, 0.1) is 0 Å². The first-order chi connectivity index (χ1) is 12.9. The Morgan fingerprint density at radius 1 is 1.07 bits per heavy atom. The highest BCUT2D eigenvalue weighted by molar-refractivity contribution is 6.30. The molecular weight excluding hydrogens is 364 g/mol. The number of rotatable bonds is 8. The molecule has 0 aliphatic rings. The van der Waals surface area contributed by atoms with E-state index >= 15 is 0 Å². The lowest BCUT2D eigenvalue weighted by Gasteiger charge is -2.28. The zero-order valence-corrected chi connectivity index (χ0v) is 16.6. The number of carbonyl (C=O) groups excluding carboxylic acids is 2. The Hall–Kier alpha value is -2.53. The Morgan fingerprint density at radius 2 is 1.67 bits per heavy atom. The summed E-state index contributed by atoms with van der Waals surface area (Å²) in [4.78, 5) is 26.6. The van der Waals surface area contributed by atoms with Crippen molar-refractivity contribution in [2.75, 3.05) is 7.11 Å². The van der Waals surface area contributed by atoms with Gasteiger partial charge in [-0.1, -0.05) is 42.8 Å².